The van der Waals surface area contributed by atoms with E-state index in [0.717, 1.165) is 22.8 Å². The molecule has 25 heavy (non-hydrogen) atoms. The van der Waals surface area contributed by atoms with Crippen LogP contribution in [-0.2, 0) is 0 Å². The van der Waals surface area contributed by atoms with Gasteiger partial charge in [0.15, 0.2) is 5.78 Å². The Labute approximate surface area is 146 Å². The zero-order valence-corrected chi connectivity index (χ0v) is 14.2. The molecule has 0 fully saturated rings. The van der Waals surface area contributed by atoms with Crippen molar-refractivity contribution in [1.29, 1.82) is 0 Å². The number of benzene rings is 2. The number of carbonyl (C=O) groups is 1. The second-order valence-corrected chi connectivity index (χ2v) is 5.52. The summed E-state index contributed by atoms with van der Waals surface area (Å²) in [5, 5.41) is 0. The number of furan rings is 1. The van der Waals surface area contributed by atoms with Gasteiger partial charge in [-0.25, -0.2) is 0 Å². The predicted octanol–water partition coefficient (Wildman–Crippen LogP) is 5.30. The van der Waals surface area contributed by atoms with Gasteiger partial charge < -0.3 is 9.15 Å². The van der Waals surface area contributed by atoms with Crippen molar-refractivity contribution in [3.63, 3.8) is 0 Å². The van der Waals surface area contributed by atoms with Crippen LogP contribution in [0.15, 0.2) is 70.1 Å². The molecule has 4 nitrogen and oxygen atoms in total. The molecule has 0 aliphatic rings. The Morgan fingerprint density at radius 3 is 2.40 bits per heavy atom. The summed E-state index contributed by atoms with van der Waals surface area (Å²) >= 11 is 0. The Bertz CT molecular complexity index is 874. The van der Waals surface area contributed by atoms with E-state index in [2.05, 4.69) is 4.99 Å². The summed E-state index contributed by atoms with van der Waals surface area (Å²) in [6, 6.07) is 18.7. The van der Waals surface area contributed by atoms with Gasteiger partial charge >= 0.3 is 0 Å². The monoisotopic (exact) mass is 333 g/mol. The van der Waals surface area contributed by atoms with Gasteiger partial charge in [0.2, 0.25) is 0 Å². The lowest BCUT2D eigenvalue weighted by atomic mass is 10.1. The van der Waals surface area contributed by atoms with E-state index >= 15 is 0 Å². The third kappa shape index (κ3) is 4.23. The van der Waals surface area contributed by atoms with Crippen LogP contribution in [0.5, 0.6) is 5.75 Å². The number of carbonyl (C=O) groups excluding carboxylic acids is 1. The molecular formula is C21H19NO3. The highest BCUT2D eigenvalue weighted by Gasteiger charge is 2.05. The van der Waals surface area contributed by atoms with Crippen LogP contribution in [0, 0.1) is 0 Å². The number of rotatable bonds is 6. The Kier molecular flexibility index (Phi) is 5.09. The predicted molar refractivity (Wildman–Crippen MR) is 99.0 cm³/mol. The molecule has 0 bridgehead atoms. The van der Waals surface area contributed by atoms with E-state index in [1.165, 1.54) is 0 Å². The number of ketones is 1. The van der Waals surface area contributed by atoms with Crippen molar-refractivity contribution in [1.82, 2.24) is 0 Å². The van der Waals surface area contributed by atoms with Crippen LogP contribution in [0.25, 0.3) is 11.3 Å². The summed E-state index contributed by atoms with van der Waals surface area (Å²) in [4.78, 5) is 15.7. The maximum atomic E-state index is 11.3. The van der Waals surface area contributed by atoms with E-state index in [1.54, 1.807) is 25.3 Å². The van der Waals surface area contributed by atoms with Gasteiger partial charge in [-0.3, -0.25) is 9.79 Å². The molecule has 0 atom stereocenters. The molecule has 126 valence electrons. The third-order valence-electron chi connectivity index (χ3n) is 3.69. The molecule has 0 aliphatic heterocycles. The molecule has 0 aliphatic carbocycles. The standard InChI is InChI=1S/C21H19NO3/c1-3-24-19-10-8-18(9-11-19)22-14-20-12-13-21(25-20)17-6-4-16(5-7-17)15(2)23/h4-14H,3H2,1-2H3. The average molecular weight is 333 g/mol. The lowest BCUT2D eigenvalue weighted by Gasteiger charge is -2.01. The number of Topliss-reactive ketones (excluding diaryl/α,β-unsaturated/α-hetero) is 1. The molecule has 0 N–H and O–H groups in total. The van der Waals surface area contributed by atoms with Crippen LogP contribution < -0.4 is 4.74 Å². The van der Waals surface area contributed by atoms with Gasteiger partial charge in [-0.05, 0) is 50.2 Å². The zero-order chi connectivity index (χ0) is 17.6. The Morgan fingerprint density at radius 2 is 1.76 bits per heavy atom. The molecule has 2 aromatic carbocycles. The molecule has 1 aromatic heterocycles. The van der Waals surface area contributed by atoms with Gasteiger partial charge in [0.25, 0.3) is 0 Å². The summed E-state index contributed by atoms with van der Waals surface area (Å²) in [6.45, 7) is 4.15. The van der Waals surface area contributed by atoms with E-state index in [1.807, 2.05) is 55.5 Å². The average Bonchev–Trinajstić information content (AvgIpc) is 3.10. The summed E-state index contributed by atoms with van der Waals surface area (Å²) in [5.74, 6) is 2.28. The minimum atomic E-state index is 0.0502. The lowest BCUT2D eigenvalue weighted by molar-refractivity contribution is 0.101. The number of hydrogen-bond acceptors (Lipinski definition) is 4. The minimum absolute atomic E-state index is 0.0502. The highest BCUT2D eigenvalue weighted by Crippen LogP contribution is 2.23. The second-order valence-electron chi connectivity index (χ2n) is 5.52. The lowest BCUT2D eigenvalue weighted by Crippen LogP contribution is -1.90. The third-order valence-corrected chi connectivity index (χ3v) is 3.69. The van der Waals surface area contributed by atoms with Crippen molar-refractivity contribution in [3.05, 3.63) is 72.0 Å². The van der Waals surface area contributed by atoms with Crippen molar-refractivity contribution in [2.45, 2.75) is 13.8 Å². The Hall–Kier alpha value is -3.14. The fourth-order valence-corrected chi connectivity index (χ4v) is 2.38. The first-order chi connectivity index (χ1) is 12.2. The molecule has 0 spiro atoms. The quantitative estimate of drug-likeness (QED) is 0.454. The fourth-order valence-electron chi connectivity index (χ4n) is 2.38. The topological polar surface area (TPSA) is 51.8 Å². The number of aliphatic imine (C=N–C) groups is 1. The largest absolute Gasteiger partial charge is 0.494 e. The van der Waals surface area contributed by atoms with Crippen molar-refractivity contribution in [2.24, 2.45) is 4.99 Å². The molecule has 3 aromatic rings. The number of hydrogen-bond donors (Lipinski definition) is 0. The van der Waals surface area contributed by atoms with Crippen LogP contribution in [0.2, 0.25) is 0 Å². The molecule has 3 rings (SSSR count). The molecule has 0 radical (unpaired) electrons. The van der Waals surface area contributed by atoms with Crippen molar-refractivity contribution in [3.8, 4) is 17.1 Å². The SMILES string of the molecule is CCOc1ccc(N=Cc2ccc(-c3ccc(C(C)=O)cc3)o2)cc1. The molecule has 4 heteroatoms. The van der Waals surface area contributed by atoms with E-state index in [4.69, 9.17) is 9.15 Å². The van der Waals surface area contributed by atoms with Crippen LogP contribution in [0.1, 0.15) is 30.0 Å². The molecule has 0 amide bonds. The van der Waals surface area contributed by atoms with Crippen LogP contribution in [0.4, 0.5) is 5.69 Å². The zero-order valence-electron chi connectivity index (χ0n) is 14.2. The minimum Gasteiger partial charge on any atom is -0.494 e. The summed E-state index contributed by atoms with van der Waals surface area (Å²) in [5.41, 5.74) is 2.44. The number of ether oxygens (including phenoxy) is 1. The van der Waals surface area contributed by atoms with Gasteiger partial charge in [-0.2, -0.15) is 0 Å². The van der Waals surface area contributed by atoms with E-state index in [0.29, 0.717) is 17.9 Å². The second kappa shape index (κ2) is 7.62. The van der Waals surface area contributed by atoms with Crippen LogP contribution in [-0.4, -0.2) is 18.6 Å². The Balaban J connectivity index is 1.71. The normalized spacial score (nSPS) is 11.0. The Morgan fingerprint density at radius 1 is 1.04 bits per heavy atom. The summed E-state index contributed by atoms with van der Waals surface area (Å²) in [7, 11) is 0. The first-order valence-corrected chi connectivity index (χ1v) is 8.14. The highest BCUT2D eigenvalue weighted by atomic mass is 16.5. The van der Waals surface area contributed by atoms with Gasteiger partial charge in [0, 0.05) is 11.1 Å². The van der Waals surface area contributed by atoms with Crippen molar-refractivity contribution >= 4 is 17.7 Å². The van der Waals surface area contributed by atoms with E-state index < -0.39 is 0 Å². The summed E-state index contributed by atoms with van der Waals surface area (Å²) in [6.07, 6.45) is 1.68. The van der Waals surface area contributed by atoms with Crippen molar-refractivity contribution < 1.29 is 13.9 Å². The number of nitrogens with zero attached hydrogens (tertiary/aromatic N) is 1. The maximum absolute atomic E-state index is 11.3. The van der Waals surface area contributed by atoms with E-state index in [-0.39, 0.29) is 5.78 Å². The van der Waals surface area contributed by atoms with Crippen LogP contribution in [0.3, 0.4) is 0 Å². The van der Waals surface area contributed by atoms with Gasteiger partial charge in [-0.1, -0.05) is 24.3 Å². The molecule has 0 saturated carbocycles. The first kappa shape index (κ1) is 16.7. The first-order valence-electron chi connectivity index (χ1n) is 8.14. The fraction of sp³-hybridized carbons (Fsp3) is 0.143. The molecule has 0 unspecified atom stereocenters. The van der Waals surface area contributed by atoms with Gasteiger partial charge in [-0.15, -0.1) is 0 Å². The highest BCUT2D eigenvalue weighted by molar-refractivity contribution is 5.94. The van der Waals surface area contributed by atoms with Gasteiger partial charge in [0.1, 0.15) is 17.3 Å². The van der Waals surface area contributed by atoms with E-state index in [9.17, 15) is 4.79 Å². The molecule has 1 heterocycles. The molecular weight excluding hydrogens is 314 g/mol. The maximum Gasteiger partial charge on any atom is 0.159 e. The smallest absolute Gasteiger partial charge is 0.159 e. The van der Waals surface area contributed by atoms with Crippen molar-refractivity contribution in [2.75, 3.05) is 6.61 Å². The summed E-state index contributed by atoms with van der Waals surface area (Å²) < 4.78 is 11.2. The molecule has 0 saturated heterocycles. The van der Waals surface area contributed by atoms with Crippen LogP contribution >= 0.6 is 0 Å². The van der Waals surface area contributed by atoms with Gasteiger partial charge in [0.05, 0.1) is 18.5 Å².